The van der Waals surface area contributed by atoms with Crippen molar-refractivity contribution in [2.75, 3.05) is 20.3 Å². The van der Waals surface area contributed by atoms with Crippen molar-refractivity contribution in [1.29, 1.82) is 0 Å². The molecule has 1 heterocycles. The van der Waals surface area contributed by atoms with Gasteiger partial charge in [-0.25, -0.2) is 0 Å². The zero-order valence-corrected chi connectivity index (χ0v) is 14.4. The third kappa shape index (κ3) is 4.32. The van der Waals surface area contributed by atoms with Crippen molar-refractivity contribution in [2.24, 2.45) is 17.3 Å². The van der Waals surface area contributed by atoms with Crippen LogP contribution in [0.15, 0.2) is 12.2 Å². The maximum absolute atomic E-state index is 11.7. The smallest absolute Gasteiger partial charge is 0.305 e. The molecule has 4 nitrogen and oxygen atoms in total. The van der Waals surface area contributed by atoms with E-state index in [2.05, 4.69) is 32.9 Å². The first-order chi connectivity index (χ1) is 10.4. The zero-order chi connectivity index (χ0) is 16.2. The molecule has 126 valence electrons. The molecule has 2 atom stereocenters. The highest BCUT2D eigenvalue weighted by Crippen LogP contribution is 2.49. The molecule has 0 aromatic heterocycles. The normalized spacial score (nSPS) is 27.8. The summed E-state index contributed by atoms with van der Waals surface area (Å²) in [7, 11) is 1.45. The molecule has 0 bridgehead atoms. The molecule has 4 heteroatoms. The van der Waals surface area contributed by atoms with Gasteiger partial charge in [0, 0.05) is 18.8 Å². The SMILES string of the molecule is COC(=O)C[C@H]1CCC2(OCCO2)[C@@H]1C/C=C/CC(C)(C)C. The number of allylic oxidation sites excluding steroid dienone is 2. The van der Waals surface area contributed by atoms with Crippen molar-refractivity contribution in [3.8, 4) is 0 Å². The van der Waals surface area contributed by atoms with Crippen molar-refractivity contribution >= 4 is 5.97 Å². The number of carbonyl (C=O) groups excluding carboxylic acids is 1. The van der Waals surface area contributed by atoms with Crippen LogP contribution >= 0.6 is 0 Å². The van der Waals surface area contributed by atoms with E-state index < -0.39 is 5.79 Å². The molecule has 0 radical (unpaired) electrons. The highest BCUT2D eigenvalue weighted by atomic mass is 16.7. The van der Waals surface area contributed by atoms with Gasteiger partial charge in [0.2, 0.25) is 0 Å². The van der Waals surface area contributed by atoms with E-state index in [1.165, 1.54) is 7.11 Å². The van der Waals surface area contributed by atoms with Crippen LogP contribution in [0.1, 0.15) is 52.9 Å². The Balaban J connectivity index is 2.01. The summed E-state index contributed by atoms with van der Waals surface area (Å²) in [6, 6.07) is 0. The van der Waals surface area contributed by atoms with Crippen molar-refractivity contribution in [2.45, 2.75) is 58.7 Å². The predicted octanol–water partition coefficient (Wildman–Crippen LogP) is 3.70. The molecule has 2 rings (SSSR count). The van der Waals surface area contributed by atoms with Gasteiger partial charge in [0.15, 0.2) is 5.79 Å². The number of rotatable bonds is 5. The second-order valence-corrected chi connectivity index (χ2v) is 7.67. The summed E-state index contributed by atoms with van der Waals surface area (Å²) >= 11 is 0. The third-order valence-corrected chi connectivity index (χ3v) is 4.72. The molecule has 1 aliphatic heterocycles. The van der Waals surface area contributed by atoms with Gasteiger partial charge >= 0.3 is 5.97 Å². The Hall–Kier alpha value is -0.870. The Morgan fingerprint density at radius 3 is 2.55 bits per heavy atom. The quantitative estimate of drug-likeness (QED) is 0.574. The van der Waals surface area contributed by atoms with Crippen LogP contribution in [-0.2, 0) is 19.0 Å². The van der Waals surface area contributed by atoms with E-state index in [0.29, 0.717) is 25.0 Å². The first-order valence-corrected chi connectivity index (χ1v) is 8.36. The fourth-order valence-electron chi connectivity index (χ4n) is 3.55. The molecule has 0 unspecified atom stereocenters. The Morgan fingerprint density at radius 2 is 1.95 bits per heavy atom. The fourth-order valence-corrected chi connectivity index (χ4v) is 3.55. The number of hydrogen-bond acceptors (Lipinski definition) is 4. The van der Waals surface area contributed by atoms with E-state index in [1.807, 2.05) is 0 Å². The van der Waals surface area contributed by atoms with Gasteiger partial charge in [0.1, 0.15) is 0 Å². The monoisotopic (exact) mass is 310 g/mol. The molecule has 1 spiro atoms. The average molecular weight is 310 g/mol. The van der Waals surface area contributed by atoms with E-state index >= 15 is 0 Å². The first kappa shape index (κ1) is 17.5. The molecule has 2 fully saturated rings. The lowest BCUT2D eigenvalue weighted by molar-refractivity contribution is -0.186. The molecule has 1 saturated heterocycles. The Morgan fingerprint density at radius 1 is 1.27 bits per heavy atom. The van der Waals surface area contributed by atoms with Gasteiger partial charge in [-0.05, 0) is 30.6 Å². The molecular formula is C18H30O4. The van der Waals surface area contributed by atoms with Crippen LogP contribution < -0.4 is 0 Å². The van der Waals surface area contributed by atoms with Gasteiger partial charge in [-0.1, -0.05) is 32.9 Å². The molecular weight excluding hydrogens is 280 g/mol. The van der Waals surface area contributed by atoms with E-state index in [9.17, 15) is 4.79 Å². The van der Waals surface area contributed by atoms with Gasteiger partial charge in [0.25, 0.3) is 0 Å². The Labute approximate surface area is 134 Å². The van der Waals surface area contributed by atoms with Crippen LogP contribution in [0, 0.1) is 17.3 Å². The lowest BCUT2D eigenvalue weighted by Crippen LogP contribution is -2.37. The second kappa shape index (κ2) is 7.14. The number of ether oxygens (including phenoxy) is 3. The number of methoxy groups -OCH3 is 1. The van der Waals surface area contributed by atoms with E-state index in [4.69, 9.17) is 14.2 Å². The van der Waals surface area contributed by atoms with Crippen molar-refractivity contribution in [3.05, 3.63) is 12.2 Å². The molecule has 0 aromatic carbocycles. The average Bonchev–Trinajstić information content (AvgIpc) is 3.04. The molecule has 2 aliphatic rings. The minimum atomic E-state index is -0.467. The van der Waals surface area contributed by atoms with Crippen LogP contribution in [0.5, 0.6) is 0 Å². The molecule has 1 saturated carbocycles. The van der Waals surface area contributed by atoms with Gasteiger partial charge < -0.3 is 14.2 Å². The predicted molar refractivity (Wildman–Crippen MR) is 85.3 cm³/mol. The second-order valence-electron chi connectivity index (χ2n) is 7.67. The van der Waals surface area contributed by atoms with Crippen LogP contribution in [0.4, 0.5) is 0 Å². The summed E-state index contributed by atoms with van der Waals surface area (Å²) in [5, 5.41) is 0. The summed E-state index contributed by atoms with van der Waals surface area (Å²) in [6.07, 6.45) is 8.74. The van der Waals surface area contributed by atoms with Crippen molar-refractivity contribution in [3.63, 3.8) is 0 Å². The molecule has 1 aliphatic carbocycles. The van der Waals surface area contributed by atoms with Gasteiger partial charge in [-0.3, -0.25) is 4.79 Å². The summed E-state index contributed by atoms with van der Waals surface area (Å²) in [5.41, 5.74) is 0.301. The largest absolute Gasteiger partial charge is 0.469 e. The molecule has 22 heavy (non-hydrogen) atoms. The number of hydrogen-bond donors (Lipinski definition) is 0. The van der Waals surface area contributed by atoms with E-state index in [-0.39, 0.29) is 17.8 Å². The van der Waals surface area contributed by atoms with Crippen molar-refractivity contribution < 1.29 is 19.0 Å². The summed E-state index contributed by atoms with van der Waals surface area (Å²) in [6.45, 7) is 8.02. The highest BCUT2D eigenvalue weighted by Gasteiger charge is 2.52. The van der Waals surface area contributed by atoms with E-state index in [0.717, 1.165) is 25.7 Å². The molecule has 0 aromatic rings. The highest BCUT2D eigenvalue weighted by molar-refractivity contribution is 5.69. The van der Waals surface area contributed by atoms with Gasteiger partial charge in [0.05, 0.1) is 20.3 Å². The van der Waals surface area contributed by atoms with Crippen LogP contribution in [-0.4, -0.2) is 32.1 Å². The zero-order valence-electron chi connectivity index (χ0n) is 14.4. The van der Waals surface area contributed by atoms with Gasteiger partial charge in [-0.2, -0.15) is 0 Å². The minimum Gasteiger partial charge on any atom is -0.469 e. The Kier molecular flexibility index (Phi) is 5.67. The minimum absolute atomic E-state index is 0.135. The molecule has 0 amide bonds. The van der Waals surface area contributed by atoms with Crippen molar-refractivity contribution in [1.82, 2.24) is 0 Å². The Bertz CT molecular complexity index is 402. The van der Waals surface area contributed by atoms with Crippen LogP contribution in [0.3, 0.4) is 0 Å². The third-order valence-electron chi connectivity index (χ3n) is 4.72. The lowest BCUT2D eigenvalue weighted by Gasteiger charge is -2.31. The number of esters is 1. The fraction of sp³-hybridized carbons (Fsp3) is 0.833. The lowest BCUT2D eigenvalue weighted by atomic mass is 9.86. The summed E-state index contributed by atoms with van der Waals surface area (Å²) in [5.74, 6) is -0.0797. The summed E-state index contributed by atoms with van der Waals surface area (Å²) in [4.78, 5) is 11.7. The van der Waals surface area contributed by atoms with Crippen LogP contribution in [0.25, 0.3) is 0 Å². The standard InChI is InChI=1S/C18H30O4/c1-17(2,3)9-6-5-7-15-14(13-16(19)20-4)8-10-18(15)21-11-12-22-18/h5-6,14-15H,7-13H2,1-4H3/b6-5+/t14-,15-/m1/s1. The maximum Gasteiger partial charge on any atom is 0.305 e. The number of carbonyl (C=O) groups is 1. The maximum atomic E-state index is 11.7. The first-order valence-electron chi connectivity index (χ1n) is 8.36. The van der Waals surface area contributed by atoms with Crippen LogP contribution in [0.2, 0.25) is 0 Å². The van der Waals surface area contributed by atoms with E-state index in [1.54, 1.807) is 0 Å². The van der Waals surface area contributed by atoms with Gasteiger partial charge in [-0.15, -0.1) is 0 Å². The topological polar surface area (TPSA) is 44.8 Å². The molecule has 0 N–H and O–H groups in total. The summed E-state index contributed by atoms with van der Waals surface area (Å²) < 4.78 is 16.7.